The van der Waals surface area contributed by atoms with E-state index in [1.54, 1.807) is 0 Å². The number of ether oxygens (including phenoxy) is 1. The predicted octanol–water partition coefficient (Wildman–Crippen LogP) is 1.59. The lowest BCUT2D eigenvalue weighted by Crippen LogP contribution is -2.24. The Morgan fingerprint density at radius 2 is 1.87 bits per heavy atom. The highest BCUT2D eigenvalue weighted by atomic mass is 16.5. The van der Waals surface area contributed by atoms with Gasteiger partial charge < -0.3 is 15.0 Å². The average molecular weight is 216 g/mol. The maximum Gasteiger partial charge on any atom is 0.0590 e. The summed E-state index contributed by atoms with van der Waals surface area (Å²) >= 11 is 0. The molecule has 0 aliphatic rings. The molecular weight excluding hydrogens is 188 g/mol. The van der Waals surface area contributed by atoms with Crippen molar-refractivity contribution in [3.8, 4) is 0 Å². The minimum Gasteiger partial charge on any atom is -0.380 e. The smallest absolute Gasteiger partial charge is 0.0590 e. The van der Waals surface area contributed by atoms with Crippen molar-refractivity contribution in [1.29, 1.82) is 0 Å². The SMILES string of the molecule is CC(C)CCOCCNCCCN(C)C. The van der Waals surface area contributed by atoms with E-state index in [1.807, 2.05) is 0 Å². The highest BCUT2D eigenvalue weighted by molar-refractivity contribution is 4.50. The predicted molar refractivity (Wildman–Crippen MR) is 66.3 cm³/mol. The van der Waals surface area contributed by atoms with Gasteiger partial charge in [0.15, 0.2) is 0 Å². The molecule has 1 N–H and O–H groups in total. The summed E-state index contributed by atoms with van der Waals surface area (Å²) in [5.41, 5.74) is 0. The van der Waals surface area contributed by atoms with Crippen LogP contribution in [0.4, 0.5) is 0 Å². The van der Waals surface area contributed by atoms with Crippen molar-refractivity contribution < 1.29 is 4.74 Å². The van der Waals surface area contributed by atoms with Gasteiger partial charge in [0.25, 0.3) is 0 Å². The molecule has 0 amide bonds. The minimum atomic E-state index is 0.748. The first-order chi connectivity index (χ1) is 7.13. The van der Waals surface area contributed by atoms with Gasteiger partial charge in [-0.2, -0.15) is 0 Å². The molecule has 0 aromatic heterocycles. The fourth-order valence-electron chi connectivity index (χ4n) is 1.21. The van der Waals surface area contributed by atoms with E-state index >= 15 is 0 Å². The Labute approximate surface area is 95.2 Å². The van der Waals surface area contributed by atoms with Crippen LogP contribution < -0.4 is 5.32 Å². The number of hydrogen-bond acceptors (Lipinski definition) is 3. The molecule has 0 aliphatic carbocycles. The van der Waals surface area contributed by atoms with Crippen molar-refractivity contribution in [2.45, 2.75) is 26.7 Å². The largest absolute Gasteiger partial charge is 0.380 e. The zero-order valence-electron chi connectivity index (χ0n) is 10.9. The maximum atomic E-state index is 5.50. The van der Waals surface area contributed by atoms with Crippen LogP contribution in [0.5, 0.6) is 0 Å². The van der Waals surface area contributed by atoms with Gasteiger partial charge in [-0.15, -0.1) is 0 Å². The summed E-state index contributed by atoms with van der Waals surface area (Å²) in [5, 5.41) is 3.38. The first-order valence-corrected chi connectivity index (χ1v) is 6.06. The molecule has 0 unspecified atom stereocenters. The molecular formula is C12H28N2O. The summed E-state index contributed by atoms with van der Waals surface area (Å²) < 4.78 is 5.50. The second-order valence-electron chi connectivity index (χ2n) is 4.70. The summed E-state index contributed by atoms with van der Waals surface area (Å²) in [6.07, 6.45) is 2.37. The van der Waals surface area contributed by atoms with Gasteiger partial charge in [-0.3, -0.25) is 0 Å². The molecule has 0 rings (SSSR count). The lowest BCUT2D eigenvalue weighted by molar-refractivity contribution is 0.125. The van der Waals surface area contributed by atoms with E-state index in [-0.39, 0.29) is 0 Å². The molecule has 0 spiro atoms. The van der Waals surface area contributed by atoms with E-state index in [1.165, 1.54) is 12.8 Å². The Morgan fingerprint density at radius 1 is 1.13 bits per heavy atom. The van der Waals surface area contributed by atoms with Crippen molar-refractivity contribution in [2.24, 2.45) is 5.92 Å². The van der Waals surface area contributed by atoms with E-state index in [9.17, 15) is 0 Å². The number of hydrogen-bond donors (Lipinski definition) is 1. The number of nitrogens with one attached hydrogen (secondary N) is 1. The highest BCUT2D eigenvalue weighted by Gasteiger charge is 1.94. The van der Waals surface area contributed by atoms with Gasteiger partial charge in [0.05, 0.1) is 6.61 Å². The molecule has 0 saturated heterocycles. The van der Waals surface area contributed by atoms with Gasteiger partial charge in [0.2, 0.25) is 0 Å². The quantitative estimate of drug-likeness (QED) is 0.561. The third kappa shape index (κ3) is 13.9. The normalized spacial score (nSPS) is 11.6. The van der Waals surface area contributed by atoms with Gasteiger partial charge >= 0.3 is 0 Å². The Morgan fingerprint density at radius 3 is 2.47 bits per heavy atom. The third-order valence-corrected chi connectivity index (χ3v) is 2.22. The first kappa shape index (κ1) is 14.9. The van der Waals surface area contributed by atoms with Crippen molar-refractivity contribution >= 4 is 0 Å². The summed E-state index contributed by atoms with van der Waals surface area (Å²) in [6.45, 7) is 9.41. The Bertz CT molecular complexity index is 113. The molecule has 0 bridgehead atoms. The average Bonchev–Trinajstić information content (AvgIpc) is 2.14. The molecule has 0 radical (unpaired) electrons. The van der Waals surface area contributed by atoms with E-state index in [0.717, 1.165) is 38.8 Å². The van der Waals surface area contributed by atoms with Crippen molar-refractivity contribution in [3.63, 3.8) is 0 Å². The fourth-order valence-corrected chi connectivity index (χ4v) is 1.21. The molecule has 0 aliphatic heterocycles. The zero-order valence-corrected chi connectivity index (χ0v) is 10.9. The van der Waals surface area contributed by atoms with E-state index < -0.39 is 0 Å². The molecule has 0 aromatic carbocycles. The molecule has 0 heterocycles. The summed E-state index contributed by atoms with van der Waals surface area (Å²) in [6, 6.07) is 0. The van der Waals surface area contributed by atoms with Gasteiger partial charge in [-0.05, 0) is 45.9 Å². The lowest BCUT2D eigenvalue weighted by atomic mass is 10.1. The highest BCUT2D eigenvalue weighted by Crippen LogP contribution is 1.98. The minimum absolute atomic E-state index is 0.748. The van der Waals surface area contributed by atoms with E-state index in [0.29, 0.717) is 0 Å². The van der Waals surface area contributed by atoms with Crippen LogP contribution in [-0.4, -0.2) is 51.8 Å². The second-order valence-corrected chi connectivity index (χ2v) is 4.70. The van der Waals surface area contributed by atoms with Gasteiger partial charge in [-0.1, -0.05) is 13.8 Å². The van der Waals surface area contributed by atoms with Gasteiger partial charge in [-0.25, -0.2) is 0 Å². The van der Waals surface area contributed by atoms with Crippen LogP contribution in [0.2, 0.25) is 0 Å². The molecule has 0 atom stereocenters. The van der Waals surface area contributed by atoms with Crippen LogP contribution in [0.3, 0.4) is 0 Å². The summed E-state index contributed by atoms with van der Waals surface area (Å²) in [4.78, 5) is 2.21. The lowest BCUT2D eigenvalue weighted by Gasteiger charge is -2.10. The van der Waals surface area contributed by atoms with E-state index in [4.69, 9.17) is 4.74 Å². The molecule has 15 heavy (non-hydrogen) atoms. The Hall–Kier alpha value is -0.120. The Kier molecular flexibility index (Phi) is 10.3. The van der Waals surface area contributed by atoms with Crippen molar-refractivity contribution in [1.82, 2.24) is 10.2 Å². The molecule has 3 nitrogen and oxygen atoms in total. The van der Waals surface area contributed by atoms with Gasteiger partial charge in [0, 0.05) is 13.2 Å². The second kappa shape index (κ2) is 10.4. The maximum absolute atomic E-state index is 5.50. The zero-order chi connectivity index (χ0) is 11.5. The van der Waals surface area contributed by atoms with Crippen LogP contribution in [-0.2, 0) is 4.74 Å². The van der Waals surface area contributed by atoms with Crippen molar-refractivity contribution in [2.75, 3.05) is 46.9 Å². The van der Waals surface area contributed by atoms with E-state index in [2.05, 4.69) is 38.2 Å². The van der Waals surface area contributed by atoms with Crippen LogP contribution in [0.15, 0.2) is 0 Å². The van der Waals surface area contributed by atoms with Gasteiger partial charge in [0.1, 0.15) is 0 Å². The standard InChI is InChI=1S/C12H28N2O/c1-12(2)6-10-15-11-8-13-7-5-9-14(3)4/h12-13H,5-11H2,1-4H3. The number of rotatable bonds is 10. The topological polar surface area (TPSA) is 24.5 Å². The molecule has 0 aromatic rings. The molecule has 0 saturated carbocycles. The van der Waals surface area contributed by atoms with Crippen LogP contribution in [0, 0.1) is 5.92 Å². The molecule has 0 fully saturated rings. The Balaban J connectivity index is 2.93. The molecule has 3 heteroatoms. The number of nitrogens with zero attached hydrogens (tertiary/aromatic N) is 1. The summed E-state index contributed by atoms with van der Waals surface area (Å²) in [5.74, 6) is 0.748. The monoisotopic (exact) mass is 216 g/mol. The third-order valence-electron chi connectivity index (χ3n) is 2.22. The van der Waals surface area contributed by atoms with Crippen LogP contribution in [0.25, 0.3) is 0 Å². The van der Waals surface area contributed by atoms with Crippen LogP contribution >= 0.6 is 0 Å². The van der Waals surface area contributed by atoms with Crippen LogP contribution in [0.1, 0.15) is 26.7 Å². The summed E-state index contributed by atoms with van der Waals surface area (Å²) in [7, 11) is 4.21. The first-order valence-electron chi connectivity index (χ1n) is 6.06. The molecule has 92 valence electrons. The fraction of sp³-hybridized carbons (Fsp3) is 1.00. The van der Waals surface area contributed by atoms with Crippen molar-refractivity contribution in [3.05, 3.63) is 0 Å².